The van der Waals surface area contributed by atoms with Crippen molar-refractivity contribution in [3.63, 3.8) is 0 Å². The monoisotopic (exact) mass is 382 g/mol. The molecule has 132 valence electrons. The molecule has 0 saturated heterocycles. The maximum atomic E-state index is 12.5. The first kappa shape index (κ1) is 17.1. The number of nitrogens with one attached hydrogen (secondary N) is 1. The van der Waals surface area contributed by atoms with Crippen LogP contribution in [0.2, 0.25) is 0 Å². The second-order valence-electron chi connectivity index (χ2n) is 5.97. The lowest BCUT2D eigenvalue weighted by Gasteiger charge is -2.12. The van der Waals surface area contributed by atoms with Gasteiger partial charge in [0.1, 0.15) is 0 Å². The first-order valence-electron chi connectivity index (χ1n) is 8.41. The van der Waals surface area contributed by atoms with Gasteiger partial charge in [-0.2, -0.15) is 0 Å². The fraction of sp³-hybridized carbons (Fsp3) is 0.211. The number of benzene rings is 2. The van der Waals surface area contributed by atoms with Crippen LogP contribution in [0.4, 0.5) is 5.69 Å². The number of hydrogen-bond donors (Lipinski definition) is 1. The van der Waals surface area contributed by atoms with Gasteiger partial charge in [0.2, 0.25) is 10.9 Å². The maximum absolute atomic E-state index is 12.5. The molecule has 0 aliphatic rings. The molecule has 2 aromatic heterocycles. The second-order valence-corrected chi connectivity index (χ2v) is 7.92. The van der Waals surface area contributed by atoms with Crippen LogP contribution in [-0.4, -0.2) is 26.3 Å². The summed E-state index contributed by atoms with van der Waals surface area (Å²) in [6, 6.07) is 14.2. The van der Waals surface area contributed by atoms with E-state index in [0.717, 1.165) is 43.6 Å². The molecular weight excluding hydrogens is 364 g/mol. The number of thioether (sulfide) groups is 1. The average molecular weight is 383 g/mol. The fourth-order valence-electron chi connectivity index (χ4n) is 2.96. The van der Waals surface area contributed by atoms with Gasteiger partial charge in [-0.25, -0.2) is 0 Å². The maximum Gasteiger partial charge on any atom is 0.234 e. The summed E-state index contributed by atoms with van der Waals surface area (Å²) in [5.41, 5.74) is 4.23. The van der Waals surface area contributed by atoms with E-state index in [2.05, 4.69) is 34.6 Å². The van der Waals surface area contributed by atoms with E-state index < -0.39 is 0 Å². The molecule has 0 bridgehead atoms. The van der Waals surface area contributed by atoms with Crippen molar-refractivity contribution in [3.05, 3.63) is 53.6 Å². The number of fused-ring (bicyclic) bond motifs is 3. The van der Waals surface area contributed by atoms with Gasteiger partial charge in [-0.05, 0) is 36.6 Å². The van der Waals surface area contributed by atoms with Crippen molar-refractivity contribution >= 4 is 49.9 Å². The number of anilines is 1. The third-order valence-corrected chi connectivity index (χ3v) is 6.19. The number of para-hydroxylation sites is 2. The number of amides is 1. The van der Waals surface area contributed by atoms with Crippen molar-refractivity contribution in [3.8, 4) is 0 Å². The second kappa shape index (κ2) is 7.09. The van der Waals surface area contributed by atoms with Gasteiger partial charge in [0.25, 0.3) is 0 Å². The van der Waals surface area contributed by atoms with Gasteiger partial charge in [-0.3, -0.25) is 9.20 Å². The van der Waals surface area contributed by atoms with Crippen LogP contribution in [0.5, 0.6) is 0 Å². The van der Waals surface area contributed by atoms with Gasteiger partial charge in [0.15, 0.2) is 5.16 Å². The quantitative estimate of drug-likeness (QED) is 0.515. The summed E-state index contributed by atoms with van der Waals surface area (Å²) in [6.07, 6.45) is 0.885. The van der Waals surface area contributed by atoms with Crippen LogP contribution in [0.1, 0.15) is 18.1 Å². The van der Waals surface area contributed by atoms with E-state index in [1.165, 1.54) is 11.8 Å². The number of aromatic nitrogens is 3. The zero-order chi connectivity index (χ0) is 18.1. The number of aryl methyl sites for hydroxylation is 2. The van der Waals surface area contributed by atoms with Gasteiger partial charge in [-0.1, -0.05) is 60.4 Å². The summed E-state index contributed by atoms with van der Waals surface area (Å²) < 4.78 is 3.18. The molecule has 26 heavy (non-hydrogen) atoms. The van der Waals surface area contributed by atoms with E-state index in [-0.39, 0.29) is 5.91 Å². The highest BCUT2D eigenvalue weighted by Gasteiger charge is 2.15. The Hall–Kier alpha value is -2.38. The highest BCUT2D eigenvalue weighted by atomic mass is 32.2. The predicted octanol–water partition coefficient (Wildman–Crippen LogP) is 4.55. The van der Waals surface area contributed by atoms with Crippen molar-refractivity contribution in [1.29, 1.82) is 0 Å². The van der Waals surface area contributed by atoms with Gasteiger partial charge >= 0.3 is 0 Å². The van der Waals surface area contributed by atoms with Crippen molar-refractivity contribution in [1.82, 2.24) is 14.6 Å². The third kappa shape index (κ3) is 3.08. The van der Waals surface area contributed by atoms with E-state index in [1.807, 2.05) is 41.7 Å². The lowest BCUT2D eigenvalue weighted by atomic mass is 10.1. The summed E-state index contributed by atoms with van der Waals surface area (Å²) in [5, 5.41) is 12.3. The van der Waals surface area contributed by atoms with E-state index >= 15 is 0 Å². The zero-order valence-corrected chi connectivity index (χ0v) is 16.2. The van der Waals surface area contributed by atoms with Crippen LogP contribution in [0, 0.1) is 6.92 Å². The molecule has 0 saturated carbocycles. The minimum Gasteiger partial charge on any atom is -0.325 e. The first-order valence-corrected chi connectivity index (χ1v) is 10.2. The van der Waals surface area contributed by atoms with Crippen molar-refractivity contribution in [2.75, 3.05) is 11.1 Å². The molecule has 2 heterocycles. The Morgan fingerprint density at radius 3 is 2.88 bits per heavy atom. The van der Waals surface area contributed by atoms with Crippen molar-refractivity contribution in [2.45, 2.75) is 25.4 Å². The minimum absolute atomic E-state index is 0.0321. The summed E-state index contributed by atoms with van der Waals surface area (Å²) in [6.45, 7) is 4.11. The van der Waals surface area contributed by atoms with Gasteiger partial charge in [-0.15, -0.1) is 10.2 Å². The molecule has 0 atom stereocenters. The molecule has 0 fully saturated rings. The Morgan fingerprint density at radius 2 is 2.04 bits per heavy atom. The fourth-order valence-corrected chi connectivity index (χ4v) is 4.72. The highest BCUT2D eigenvalue weighted by Crippen LogP contribution is 2.29. The SMILES string of the molecule is CCc1cccc(C)c1NC(=O)CSc1nnc2sc3ccccc3n12. The first-order chi connectivity index (χ1) is 12.7. The van der Waals surface area contributed by atoms with Crippen LogP contribution in [-0.2, 0) is 11.2 Å². The summed E-state index contributed by atoms with van der Waals surface area (Å²) >= 11 is 3.01. The van der Waals surface area contributed by atoms with Gasteiger partial charge < -0.3 is 5.32 Å². The van der Waals surface area contributed by atoms with Crippen molar-refractivity contribution in [2.24, 2.45) is 0 Å². The molecule has 5 nitrogen and oxygen atoms in total. The highest BCUT2D eigenvalue weighted by molar-refractivity contribution is 7.99. The number of nitrogens with zero attached hydrogens (tertiary/aromatic N) is 3. The lowest BCUT2D eigenvalue weighted by Crippen LogP contribution is -2.16. The van der Waals surface area contributed by atoms with E-state index in [9.17, 15) is 4.79 Å². The molecule has 7 heteroatoms. The van der Waals surface area contributed by atoms with Crippen LogP contribution in [0.25, 0.3) is 15.2 Å². The topological polar surface area (TPSA) is 59.3 Å². The number of hydrogen-bond acceptors (Lipinski definition) is 5. The van der Waals surface area contributed by atoms with Crippen LogP contribution in [0.3, 0.4) is 0 Å². The van der Waals surface area contributed by atoms with Crippen LogP contribution < -0.4 is 5.32 Å². The largest absolute Gasteiger partial charge is 0.325 e. The molecule has 0 radical (unpaired) electrons. The number of thiazole rings is 1. The standard InChI is InChI=1S/C19H18N4OS2/c1-3-13-8-6-7-12(2)17(13)20-16(24)11-25-18-21-22-19-23(18)14-9-4-5-10-15(14)26-19/h4-10H,3,11H2,1-2H3,(H,20,24). The van der Waals surface area contributed by atoms with E-state index in [1.54, 1.807) is 11.3 Å². The minimum atomic E-state index is -0.0321. The molecule has 0 spiro atoms. The number of carbonyl (C=O) groups excluding carboxylic acids is 1. The van der Waals surface area contributed by atoms with E-state index in [4.69, 9.17) is 0 Å². The summed E-state index contributed by atoms with van der Waals surface area (Å²) in [7, 11) is 0. The molecule has 1 N–H and O–H groups in total. The zero-order valence-electron chi connectivity index (χ0n) is 14.5. The van der Waals surface area contributed by atoms with E-state index in [0.29, 0.717) is 5.75 Å². The Morgan fingerprint density at radius 1 is 1.19 bits per heavy atom. The average Bonchev–Trinajstić information content (AvgIpc) is 3.21. The van der Waals surface area contributed by atoms with Crippen LogP contribution >= 0.6 is 23.1 Å². The predicted molar refractivity (Wildman–Crippen MR) is 108 cm³/mol. The van der Waals surface area contributed by atoms with Gasteiger partial charge in [0, 0.05) is 5.69 Å². The van der Waals surface area contributed by atoms with Crippen molar-refractivity contribution < 1.29 is 4.79 Å². The number of carbonyl (C=O) groups is 1. The third-order valence-electron chi connectivity index (χ3n) is 4.25. The molecule has 2 aromatic carbocycles. The molecule has 1 amide bonds. The Labute approximate surface area is 159 Å². The van der Waals surface area contributed by atoms with Crippen LogP contribution in [0.15, 0.2) is 47.6 Å². The number of rotatable bonds is 5. The normalized spacial score (nSPS) is 11.3. The Kier molecular flexibility index (Phi) is 4.65. The molecule has 0 aliphatic heterocycles. The molecule has 0 aliphatic carbocycles. The molecular formula is C19H18N4OS2. The summed E-state index contributed by atoms with van der Waals surface area (Å²) in [4.78, 5) is 13.3. The molecule has 4 rings (SSSR count). The Bertz CT molecular complexity index is 1100. The summed E-state index contributed by atoms with van der Waals surface area (Å²) in [5.74, 6) is 0.262. The van der Waals surface area contributed by atoms with Gasteiger partial charge in [0.05, 0.1) is 16.0 Å². The Balaban J connectivity index is 1.53. The smallest absolute Gasteiger partial charge is 0.234 e. The molecule has 4 aromatic rings. The lowest BCUT2D eigenvalue weighted by molar-refractivity contribution is -0.113. The molecule has 0 unspecified atom stereocenters.